The van der Waals surface area contributed by atoms with Crippen LogP contribution in [0.1, 0.15) is 6.92 Å². The van der Waals surface area contributed by atoms with Gasteiger partial charge in [0.05, 0.1) is 6.10 Å². The maximum absolute atomic E-state index is 10.7. The molecule has 0 saturated heterocycles. The lowest BCUT2D eigenvalue weighted by Gasteiger charge is -2.17. The minimum atomic E-state index is -1.05. The van der Waals surface area contributed by atoms with Crippen LogP contribution in [0.4, 0.5) is 4.79 Å². The molecule has 0 spiro atoms. The van der Waals surface area contributed by atoms with Crippen molar-refractivity contribution in [1.82, 2.24) is 10.6 Å². The minimum absolute atomic E-state index is 0.556. The van der Waals surface area contributed by atoms with Gasteiger partial charge in [0.2, 0.25) is 5.91 Å². The molecule has 0 unspecified atom stereocenters. The molecule has 70 valence electrons. The Morgan fingerprint density at radius 2 is 2.00 bits per heavy atom. The fourth-order valence-corrected chi connectivity index (χ4v) is 0.643. The number of aliphatic hydroxyl groups is 1. The third kappa shape index (κ3) is 3.20. The van der Waals surface area contributed by atoms with Crippen molar-refractivity contribution >= 4 is 11.9 Å². The number of amides is 3. The highest BCUT2D eigenvalue weighted by Crippen LogP contribution is 1.90. The predicted molar refractivity (Wildman–Crippen MR) is 42.3 cm³/mol. The zero-order chi connectivity index (χ0) is 9.72. The molecule has 0 fully saturated rings. The number of carbonyl (C=O) groups excluding carboxylic acids is 2. The van der Waals surface area contributed by atoms with E-state index in [9.17, 15) is 9.59 Å². The van der Waals surface area contributed by atoms with Crippen molar-refractivity contribution < 1.29 is 14.7 Å². The Morgan fingerprint density at radius 1 is 1.50 bits per heavy atom. The van der Waals surface area contributed by atoms with Gasteiger partial charge < -0.3 is 21.5 Å². The van der Waals surface area contributed by atoms with Crippen LogP contribution < -0.4 is 16.4 Å². The van der Waals surface area contributed by atoms with Crippen LogP contribution in [0.5, 0.6) is 0 Å². The van der Waals surface area contributed by atoms with Gasteiger partial charge in [0.1, 0.15) is 6.04 Å². The van der Waals surface area contributed by atoms with E-state index in [-0.39, 0.29) is 0 Å². The second-order valence-corrected chi connectivity index (χ2v) is 2.34. The van der Waals surface area contributed by atoms with Crippen LogP contribution in [0.3, 0.4) is 0 Å². The number of hydrogen-bond donors (Lipinski definition) is 4. The molecular formula is C6H13N3O3. The van der Waals surface area contributed by atoms with Crippen LogP contribution >= 0.6 is 0 Å². The first-order valence-corrected chi connectivity index (χ1v) is 3.44. The van der Waals surface area contributed by atoms with E-state index in [0.29, 0.717) is 0 Å². The average Bonchev–Trinajstić information content (AvgIpc) is 1.98. The molecule has 5 N–H and O–H groups in total. The molecular weight excluding hydrogens is 162 g/mol. The van der Waals surface area contributed by atoms with Gasteiger partial charge in [-0.25, -0.2) is 4.79 Å². The molecule has 0 aliphatic rings. The molecule has 6 heteroatoms. The maximum atomic E-state index is 10.7. The highest BCUT2D eigenvalue weighted by atomic mass is 16.3. The van der Waals surface area contributed by atoms with E-state index in [1.54, 1.807) is 0 Å². The Bertz CT molecular complexity index is 181. The number of rotatable bonds is 3. The molecule has 3 amide bonds. The molecule has 12 heavy (non-hydrogen) atoms. The number of primary amides is 1. The van der Waals surface area contributed by atoms with Crippen LogP contribution in [-0.2, 0) is 4.79 Å². The summed E-state index contributed by atoms with van der Waals surface area (Å²) in [5, 5.41) is 13.4. The summed E-state index contributed by atoms with van der Waals surface area (Å²) in [7, 11) is 1.40. The summed E-state index contributed by atoms with van der Waals surface area (Å²) in [5.41, 5.74) is 4.90. The number of nitrogens with two attached hydrogens (primary N) is 1. The largest absolute Gasteiger partial charge is 0.391 e. The number of nitrogens with one attached hydrogen (secondary N) is 2. The number of hydrogen-bond acceptors (Lipinski definition) is 3. The summed E-state index contributed by atoms with van der Waals surface area (Å²) >= 11 is 0. The van der Waals surface area contributed by atoms with Gasteiger partial charge in [0, 0.05) is 7.05 Å². The lowest BCUT2D eigenvalue weighted by Crippen LogP contribution is -2.52. The first-order chi connectivity index (χ1) is 5.49. The van der Waals surface area contributed by atoms with Crippen LogP contribution in [0.2, 0.25) is 0 Å². The van der Waals surface area contributed by atoms with E-state index in [0.717, 1.165) is 0 Å². The number of aliphatic hydroxyl groups excluding tert-OH is 1. The van der Waals surface area contributed by atoms with Crippen LogP contribution in [0, 0.1) is 0 Å². The van der Waals surface area contributed by atoms with E-state index in [4.69, 9.17) is 10.8 Å². The Balaban J connectivity index is 4.14. The summed E-state index contributed by atoms with van der Waals surface area (Å²) in [6.45, 7) is 1.37. The molecule has 0 aromatic heterocycles. The summed E-state index contributed by atoms with van der Waals surface area (Å²) < 4.78 is 0. The molecule has 2 atom stereocenters. The van der Waals surface area contributed by atoms with E-state index >= 15 is 0 Å². The average molecular weight is 175 g/mol. The van der Waals surface area contributed by atoms with Crippen molar-refractivity contribution in [3.63, 3.8) is 0 Å². The lowest BCUT2D eigenvalue weighted by molar-refractivity contribution is -0.122. The second-order valence-electron chi connectivity index (χ2n) is 2.34. The molecule has 0 radical (unpaired) electrons. The first-order valence-electron chi connectivity index (χ1n) is 3.44. The van der Waals surface area contributed by atoms with Crippen molar-refractivity contribution in [2.75, 3.05) is 7.05 Å². The molecule has 0 bridgehead atoms. The quantitative estimate of drug-likeness (QED) is 0.404. The standard InChI is InChI=1S/C6H13N3O3/c1-3(10)4(5(7)11)9-6(12)8-2/h3-4,10H,1-2H3,(H2,7,11)(H2,8,9,12)/t3-,4+/m1/s1. The molecule has 0 aromatic rings. The van der Waals surface area contributed by atoms with Crippen LogP contribution in [0.25, 0.3) is 0 Å². The van der Waals surface area contributed by atoms with Gasteiger partial charge in [-0.15, -0.1) is 0 Å². The first kappa shape index (κ1) is 10.7. The Hall–Kier alpha value is -1.30. The number of carbonyl (C=O) groups is 2. The van der Waals surface area contributed by atoms with Crippen molar-refractivity contribution in [2.24, 2.45) is 5.73 Å². The van der Waals surface area contributed by atoms with Crippen LogP contribution in [0.15, 0.2) is 0 Å². The molecule has 6 nitrogen and oxygen atoms in total. The molecule has 0 aliphatic heterocycles. The molecule has 0 rings (SSSR count). The summed E-state index contributed by atoms with van der Waals surface area (Å²) in [6.07, 6.45) is -1.00. The minimum Gasteiger partial charge on any atom is -0.391 e. The highest BCUT2D eigenvalue weighted by Gasteiger charge is 2.22. The topological polar surface area (TPSA) is 104 Å². The highest BCUT2D eigenvalue weighted by molar-refractivity contribution is 5.86. The van der Waals surface area contributed by atoms with E-state index in [1.165, 1.54) is 14.0 Å². The predicted octanol–water partition coefficient (Wildman–Crippen LogP) is -1.85. The van der Waals surface area contributed by atoms with Gasteiger partial charge in [-0.3, -0.25) is 4.79 Å². The van der Waals surface area contributed by atoms with E-state index in [1.807, 2.05) is 0 Å². The van der Waals surface area contributed by atoms with Gasteiger partial charge >= 0.3 is 6.03 Å². The molecule has 0 aromatic carbocycles. The Labute approximate surface area is 70.1 Å². The Morgan fingerprint density at radius 3 is 2.25 bits per heavy atom. The summed E-state index contributed by atoms with van der Waals surface area (Å²) in [5.74, 6) is -0.770. The normalized spacial score (nSPS) is 14.6. The molecule has 0 saturated carbocycles. The van der Waals surface area contributed by atoms with E-state index < -0.39 is 24.1 Å². The van der Waals surface area contributed by atoms with Crippen molar-refractivity contribution in [2.45, 2.75) is 19.1 Å². The second kappa shape index (κ2) is 4.55. The third-order valence-corrected chi connectivity index (χ3v) is 1.30. The van der Waals surface area contributed by atoms with Gasteiger partial charge in [-0.2, -0.15) is 0 Å². The van der Waals surface area contributed by atoms with Gasteiger partial charge in [0.15, 0.2) is 0 Å². The summed E-state index contributed by atoms with van der Waals surface area (Å²) in [6, 6.07) is -1.61. The van der Waals surface area contributed by atoms with Gasteiger partial charge in [-0.1, -0.05) is 0 Å². The Kier molecular flexibility index (Phi) is 4.06. The van der Waals surface area contributed by atoms with Crippen molar-refractivity contribution in [3.05, 3.63) is 0 Å². The summed E-state index contributed by atoms with van der Waals surface area (Å²) in [4.78, 5) is 21.3. The fraction of sp³-hybridized carbons (Fsp3) is 0.667. The maximum Gasteiger partial charge on any atom is 0.315 e. The van der Waals surface area contributed by atoms with Crippen molar-refractivity contribution in [3.8, 4) is 0 Å². The molecule has 0 heterocycles. The van der Waals surface area contributed by atoms with Gasteiger partial charge in [-0.05, 0) is 6.92 Å². The zero-order valence-corrected chi connectivity index (χ0v) is 7.00. The fourth-order valence-electron chi connectivity index (χ4n) is 0.643. The van der Waals surface area contributed by atoms with Crippen LogP contribution in [-0.4, -0.2) is 36.2 Å². The number of urea groups is 1. The lowest BCUT2D eigenvalue weighted by atomic mass is 10.2. The monoisotopic (exact) mass is 175 g/mol. The van der Waals surface area contributed by atoms with E-state index in [2.05, 4.69) is 10.6 Å². The molecule has 0 aliphatic carbocycles. The van der Waals surface area contributed by atoms with Crippen molar-refractivity contribution in [1.29, 1.82) is 0 Å². The SMILES string of the molecule is CNC(=O)N[C@H](C(N)=O)[C@@H](C)O. The third-order valence-electron chi connectivity index (χ3n) is 1.30. The smallest absolute Gasteiger partial charge is 0.315 e. The van der Waals surface area contributed by atoms with Gasteiger partial charge in [0.25, 0.3) is 0 Å². The zero-order valence-electron chi connectivity index (χ0n) is 7.00.